The predicted molar refractivity (Wildman–Crippen MR) is 89.0 cm³/mol. The van der Waals surface area contributed by atoms with Gasteiger partial charge >= 0.3 is 0 Å². The topological polar surface area (TPSA) is 32.3 Å². The van der Waals surface area contributed by atoms with E-state index in [9.17, 15) is 9.18 Å². The van der Waals surface area contributed by atoms with E-state index in [1.54, 1.807) is 0 Å². The smallest absolute Gasteiger partial charge is 0.253 e. The minimum Gasteiger partial charge on any atom is -0.348 e. The molecule has 1 heterocycles. The molecule has 1 N–H and O–H groups in total. The van der Waals surface area contributed by atoms with E-state index in [0.717, 1.165) is 32.1 Å². The molecule has 3 nitrogen and oxygen atoms in total. The molecule has 3 rings (SSSR count). The molecule has 1 amide bonds. The number of carbonyl (C=O) groups excluding carboxylic acids is 1. The van der Waals surface area contributed by atoms with Crippen molar-refractivity contribution in [2.24, 2.45) is 0 Å². The number of hydrogen-bond donors (Lipinski definition) is 1. The summed E-state index contributed by atoms with van der Waals surface area (Å²) < 4.78 is 13.1. The van der Waals surface area contributed by atoms with Crippen molar-refractivity contribution >= 4 is 17.5 Å². The van der Waals surface area contributed by atoms with E-state index in [-0.39, 0.29) is 17.0 Å². The van der Waals surface area contributed by atoms with Gasteiger partial charge in [-0.15, -0.1) is 0 Å². The number of hydrogen-bond acceptors (Lipinski definition) is 2. The Balaban J connectivity index is 1.56. The van der Waals surface area contributed by atoms with Crippen molar-refractivity contribution in [3.05, 3.63) is 70.5 Å². The van der Waals surface area contributed by atoms with Crippen LogP contribution in [0.4, 0.5) is 4.39 Å². The minimum atomic E-state index is -0.443. The summed E-state index contributed by atoms with van der Waals surface area (Å²) in [6.45, 7) is 2.63. The Morgan fingerprint density at radius 3 is 2.78 bits per heavy atom. The van der Waals surface area contributed by atoms with Gasteiger partial charge in [0, 0.05) is 25.7 Å². The number of likely N-dealkylation sites (tertiary alicyclic amines) is 1. The molecule has 1 aliphatic rings. The van der Waals surface area contributed by atoms with Gasteiger partial charge in [-0.2, -0.15) is 0 Å². The SMILES string of the molecule is O=C(NC1CCN(Cc2ccccc2)C1)c1ccc(F)cc1Cl. The maximum Gasteiger partial charge on any atom is 0.253 e. The molecule has 0 aromatic heterocycles. The molecule has 0 saturated carbocycles. The van der Waals surface area contributed by atoms with Gasteiger partial charge < -0.3 is 5.32 Å². The molecule has 23 heavy (non-hydrogen) atoms. The number of benzene rings is 2. The van der Waals surface area contributed by atoms with E-state index in [1.165, 1.54) is 17.7 Å². The summed E-state index contributed by atoms with van der Waals surface area (Å²) in [6.07, 6.45) is 0.900. The van der Waals surface area contributed by atoms with Gasteiger partial charge in [-0.05, 0) is 30.2 Å². The zero-order chi connectivity index (χ0) is 16.2. The third-order valence-electron chi connectivity index (χ3n) is 4.03. The first-order valence-electron chi connectivity index (χ1n) is 7.64. The first kappa shape index (κ1) is 16.0. The normalized spacial score (nSPS) is 18.1. The Morgan fingerprint density at radius 2 is 2.04 bits per heavy atom. The number of nitrogens with zero attached hydrogens (tertiary/aromatic N) is 1. The Bertz CT molecular complexity index is 693. The van der Waals surface area contributed by atoms with Gasteiger partial charge in [0.05, 0.1) is 10.6 Å². The van der Waals surface area contributed by atoms with Crippen molar-refractivity contribution in [1.82, 2.24) is 10.2 Å². The van der Waals surface area contributed by atoms with Crippen molar-refractivity contribution in [2.45, 2.75) is 19.0 Å². The van der Waals surface area contributed by atoms with Crippen LogP contribution in [0.25, 0.3) is 0 Å². The lowest BCUT2D eigenvalue weighted by atomic mass is 10.2. The van der Waals surface area contributed by atoms with Crippen LogP contribution in [0.1, 0.15) is 22.3 Å². The quantitative estimate of drug-likeness (QED) is 0.929. The Kier molecular flexibility index (Phi) is 4.94. The third-order valence-corrected chi connectivity index (χ3v) is 4.35. The zero-order valence-corrected chi connectivity index (χ0v) is 13.4. The number of nitrogens with one attached hydrogen (secondary N) is 1. The molecule has 0 radical (unpaired) electrons. The van der Waals surface area contributed by atoms with Crippen LogP contribution >= 0.6 is 11.6 Å². The molecule has 1 aliphatic heterocycles. The summed E-state index contributed by atoms with van der Waals surface area (Å²) in [4.78, 5) is 14.6. The third kappa shape index (κ3) is 4.09. The fourth-order valence-corrected chi connectivity index (χ4v) is 3.13. The van der Waals surface area contributed by atoms with E-state index in [0.29, 0.717) is 5.56 Å². The first-order chi connectivity index (χ1) is 11.1. The summed E-state index contributed by atoms with van der Waals surface area (Å²) >= 11 is 5.93. The van der Waals surface area contributed by atoms with Crippen molar-refractivity contribution in [3.8, 4) is 0 Å². The molecule has 1 saturated heterocycles. The van der Waals surface area contributed by atoms with Crippen LogP contribution in [0.5, 0.6) is 0 Å². The molecule has 2 aromatic carbocycles. The molecule has 120 valence electrons. The summed E-state index contributed by atoms with van der Waals surface area (Å²) in [5.74, 6) is -0.692. The van der Waals surface area contributed by atoms with E-state index >= 15 is 0 Å². The number of carbonyl (C=O) groups is 1. The standard InChI is InChI=1S/C18H18ClFN2O/c19-17-10-14(20)6-7-16(17)18(23)21-15-8-9-22(12-15)11-13-4-2-1-3-5-13/h1-7,10,15H,8-9,11-12H2,(H,21,23). The van der Waals surface area contributed by atoms with Gasteiger partial charge in [-0.1, -0.05) is 41.9 Å². The summed E-state index contributed by atoms with van der Waals surface area (Å²) in [5, 5.41) is 3.12. The van der Waals surface area contributed by atoms with Crippen molar-refractivity contribution in [1.29, 1.82) is 0 Å². The molecule has 1 unspecified atom stereocenters. The van der Waals surface area contributed by atoms with Crippen LogP contribution in [-0.2, 0) is 6.54 Å². The Labute approximate surface area is 140 Å². The highest BCUT2D eigenvalue weighted by Crippen LogP contribution is 2.19. The van der Waals surface area contributed by atoms with Crippen LogP contribution in [0, 0.1) is 5.82 Å². The lowest BCUT2D eigenvalue weighted by molar-refractivity contribution is 0.0937. The van der Waals surface area contributed by atoms with Gasteiger partial charge in [-0.3, -0.25) is 9.69 Å². The average molecular weight is 333 g/mol. The molecule has 0 aliphatic carbocycles. The summed E-state index contributed by atoms with van der Waals surface area (Å²) in [5.41, 5.74) is 1.58. The number of amides is 1. The van der Waals surface area contributed by atoms with Crippen molar-refractivity contribution in [2.75, 3.05) is 13.1 Å². The number of rotatable bonds is 4. The molecule has 0 spiro atoms. The fourth-order valence-electron chi connectivity index (χ4n) is 2.87. The van der Waals surface area contributed by atoms with Crippen molar-refractivity contribution in [3.63, 3.8) is 0 Å². The van der Waals surface area contributed by atoms with Gasteiger partial charge in [0.15, 0.2) is 0 Å². The molecule has 0 bridgehead atoms. The van der Waals surface area contributed by atoms with Gasteiger partial charge in [0.1, 0.15) is 5.82 Å². The highest BCUT2D eigenvalue weighted by Gasteiger charge is 2.24. The van der Waals surface area contributed by atoms with Crippen LogP contribution in [0.2, 0.25) is 5.02 Å². The Hall–Kier alpha value is -1.91. The van der Waals surface area contributed by atoms with E-state index in [1.807, 2.05) is 18.2 Å². The summed E-state index contributed by atoms with van der Waals surface area (Å²) in [6, 6.07) is 14.2. The predicted octanol–water partition coefficient (Wildman–Crippen LogP) is 3.48. The minimum absolute atomic E-state index is 0.0901. The zero-order valence-electron chi connectivity index (χ0n) is 12.6. The molecular weight excluding hydrogens is 315 g/mol. The first-order valence-corrected chi connectivity index (χ1v) is 8.02. The summed E-state index contributed by atoms with van der Waals surface area (Å²) in [7, 11) is 0. The monoisotopic (exact) mass is 332 g/mol. The van der Waals surface area contributed by atoms with Gasteiger partial charge in [0.2, 0.25) is 0 Å². The fraction of sp³-hybridized carbons (Fsp3) is 0.278. The molecule has 2 aromatic rings. The largest absolute Gasteiger partial charge is 0.348 e. The average Bonchev–Trinajstić information content (AvgIpc) is 2.95. The maximum absolute atomic E-state index is 13.1. The Morgan fingerprint density at radius 1 is 1.26 bits per heavy atom. The molecule has 1 atom stereocenters. The highest BCUT2D eigenvalue weighted by atomic mass is 35.5. The second-order valence-corrected chi connectivity index (χ2v) is 6.21. The van der Waals surface area contributed by atoms with Gasteiger partial charge in [-0.25, -0.2) is 4.39 Å². The highest BCUT2D eigenvalue weighted by molar-refractivity contribution is 6.33. The van der Waals surface area contributed by atoms with Crippen molar-refractivity contribution < 1.29 is 9.18 Å². The van der Waals surface area contributed by atoms with Crippen LogP contribution in [0.15, 0.2) is 48.5 Å². The second-order valence-electron chi connectivity index (χ2n) is 5.80. The number of halogens is 2. The maximum atomic E-state index is 13.1. The van der Waals surface area contributed by atoms with Crippen LogP contribution in [-0.4, -0.2) is 29.9 Å². The second kappa shape index (κ2) is 7.11. The van der Waals surface area contributed by atoms with Gasteiger partial charge in [0.25, 0.3) is 5.91 Å². The van der Waals surface area contributed by atoms with Crippen LogP contribution < -0.4 is 5.32 Å². The lowest BCUT2D eigenvalue weighted by Crippen LogP contribution is -2.37. The van der Waals surface area contributed by atoms with Crippen LogP contribution in [0.3, 0.4) is 0 Å². The van der Waals surface area contributed by atoms with E-state index in [2.05, 4.69) is 22.3 Å². The molecular formula is C18H18ClFN2O. The molecule has 1 fully saturated rings. The molecule has 5 heteroatoms. The van der Waals surface area contributed by atoms with E-state index < -0.39 is 5.82 Å². The lowest BCUT2D eigenvalue weighted by Gasteiger charge is -2.17. The van der Waals surface area contributed by atoms with E-state index in [4.69, 9.17) is 11.6 Å².